The van der Waals surface area contributed by atoms with E-state index in [-0.39, 0.29) is 10.6 Å². The minimum atomic E-state index is -4.01. The Morgan fingerprint density at radius 2 is 2.10 bits per heavy atom. The maximum atomic E-state index is 13.9. The number of carbonyl (C=O) groups is 1. The van der Waals surface area contributed by atoms with Crippen LogP contribution in [0.4, 0.5) is 10.1 Å². The predicted molar refractivity (Wildman–Crippen MR) is 76.1 cm³/mol. The van der Waals surface area contributed by atoms with Gasteiger partial charge < -0.3 is 10.4 Å². The number of aliphatic carboxylic acids is 1. The number of benzene rings is 1. The minimum absolute atomic E-state index is 0.122. The normalized spacial score (nSPS) is 12.9. The first-order valence-corrected chi connectivity index (χ1v) is 8.07. The van der Waals surface area contributed by atoms with Crippen LogP contribution in [0.2, 0.25) is 0 Å². The van der Waals surface area contributed by atoms with Gasteiger partial charge in [-0.3, -0.25) is 0 Å². The van der Waals surface area contributed by atoms with E-state index >= 15 is 0 Å². The second-order valence-corrected chi connectivity index (χ2v) is 6.66. The second kappa shape index (κ2) is 5.80. The summed E-state index contributed by atoms with van der Waals surface area (Å²) in [6.07, 6.45) is 0. The highest BCUT2D eigenvalue weighted by molar-refractivity contribution is 7.89. The van der Waals surface area contributed by atoms with Crippen molar-refractivity contribution in [1.29, 1.82) is 0 Å². The first-order chi connectivity index (χ1) is 9.79. The fourth-order valence-corrected chi connectivity index (χ4v) is 2.95. The SMILES string of the molecule is NS(=O)(=O)c1ccc(NC(C(=O)O)c2cccs2)c(F)c1. The fourth-order valence-electron chi connectivity index (χ4n) is 1.66. The zero-order valence-electron chi connectivity index (χ0n) is 10.5. The molecule has 1 unspecified atom stereocenters. The van der Waals surface area contributed by atoms with E-state index in [9.17, 15) is 22.7 Å². The van der Waals surface area contributed by atoms with Crippen LogP contribution in [-0.2, 0) is 14.8 Å². The standard InChI is InChI=1S/C12H11FN2O4S2/c13-8-6-7(21(14,18)19)3-4-9(8)15-11(12(16)17)10-2-1-5-20-10/h1-6,11,15H,(H,16,17)(H2,14,18,19). The van der Waals surface area contributed by atoms with Gasteiger partial charge in [-0.25, -0.2) is 22.7 Å². The molecule has 0 saturated carbocycles. The van der Waals surface area contributed by atoms with Gasteiger partial charge >= 0.3 is 5.97 Å². The van der Waals surface area contributed by atoms with Crippen molar-refractivity contribution < 1.29 is 22.7 Å². The lowest BCUT2D eigenvalue weighted by molar-refractivity contribution is -0.138. The molecule has 0 amide bonds. The molecule has 0 radical (unpaired) electrons. The van der Waals surface area contributed by atoms with Gasteiger partial charge in [0, 0.05) is 4.88 Å². The third-order valence-corrected chi connectivity index (χ3v) is 4.49. The Hall–Kier alpha value is -1.97. The topological polar surface area (TPSA) is 109 Å². The summed E-state index contributed by atoms with van der Waals surface area (Å²) in [4.78, 5) is 11.4. The summed E-state index contributed by atoms with van der Waals surface area (Å²) in [5, 5.41) is 18.3. The van der Waals surface area contributed by atoms with E-state index in [4.69, 9.17) is 5.14 Å². The van der Waals surface area contributed by atoms with Gasteiger partial charge in [0.2, 0.25) is 10.0 Å². The molecule has 0 saturated heterocycles. The van der Waals surface area contributed by atoms with Crippen LogP contribution in [0.3, 0.4) is 0 Å². The number of hydrogen-bond donors (Lipinski definition) is 3. The molecule has 1 aromatic heterocycles. The molecule has 1 atom stereocenters. The summed E-state index contributed by atoms with van der Waals surface area (Å²) < 4.78 is 36.1. The van der Waals surface area contributed by atoms with Crippen molar-refractivity contribution in [2.24, 2.45) is 5.14 Å². The van der Waals surface area contributed by atoms with Gasteiger partial charge in [0.15, 0.2) is 6.04 Å². The Kier molecular flexibility index (Phi) is 4.26. The minimum Gasteiger partial charge on any atom is -0.479 e. The first-order valence-electron chi connectivity index (χ1n) is 5.64. The summed E-state index contributed by atoms with van der Waals surface area (Å²) in [7, 11) is -4.01. The number of carboxylic acids is 1. The maximum absolute atomic E-state index is 13.9. The molecule has 0 aliphatic heterocycles. The van der Waals surface area contributed by atoms with Crippen molar-refractivity contribution in [3.05, 3.63) is 46.4 Å². The van der Waals surface area contributed by atoms with E-state index in [1.807, 2.05) is 0 Å². The molecule has 2 rings (SSSR count). The molecule has 21 heavy (non-hydrogen) atoms. The van der Waals surface area contributed by atoms with E-state index in [0.717, 1.165) is 18.2 Å². The molecule has 2 aromatic rings. The Labute approximate surface area is 124 Å². The molecule has 9 heteroatoms. The van der Waals surface area contributed by atoms with Crippen molar-refractivity contribution >= 4 is 33.0 Å². The van der Waals surface area contributed by atoms with Crippen LogP contribution in [-0.4, -0.2) is 19.5 Å². The monoisotopic (exact) mass is 330 g/mol. The first kappa shape index (κ1) is 15.4. The highest BCUT2D eigenvalue weighted by Gasteiger charge is 2.22. The molecule has 4 N–H and O–H groups in total. The summed E-state index contributed by atoms with van der Waals surface area (Å²) >= 11 is 1.21. The molecular weight excluding hydrogens is 319 g/mol. The molecule has 0 spiro atoms. The molecule has 1 heterocycles. The smallest absolute Gasteiger partial charge is 0.331 e. The molecule has 1 aromatic carbocycles. The van der Waals surface area contributed by atoms with Crippen LogP contribution in [0.5, 0.6) is 0 Å². The Bertz CT molecular complexity index is 760. The van der Waals surface area contributed by atoms with Crippen LogP contribution in [0, 0.1) is 5.82 Å². The van der Waals surface area contributed by atoms with Gasteiger partial charge in [0.05, 0.1) is 10.6 Å². The van der Waals surface area contributed by atoms with Gasteiger partial charge in [0.1, 0.15) is 5.82 Å². The number of nitrogens with two attached hydrogens (primary N) is 1. The van der Waals surface area contributed by atoms with E-state index in [1.54, 1.807) is 17.5 Å². The van der Waals surface area contributed by atoms with Gasteiger partial charge in [0.25, 0.3) is 0 Å². The van der Waals surface area contributed by atoms with Crippen molar-refractivity contribution in [2.75, 3.05) is 5.32 Å². The highest BCUT2D eigenvalue weighted by Crippen LogP contribution is 2.26. The Balaban J connectivity index is 2.32. The Morgan fingerprint density at radius 3 is 2.57 bits per heavy atom. The lowest BCUT2D eigenvalue weighted by Crippen LogP contribution is -2.20. The average Bonchev–Trinajstić information content (AvgIpc) is 2.89. The van der Waals surface area contributed by atoms with Gasteiger partial charge in [-0.1, -0.05) is 6.07 Å². The largest absolute Gasteiger partial charge is 0.479 e. The van der Waals surface area contributed by atoms with Gasteiger partial charge in [-0.05, 0) is 29.6 Å². The molecule has 0 bridgehead atoms. The van der Waals surface area contributed by atoms with Crippen LogP contribution in [0.25, 0.3) is 0 Å². The number of primary sulfonamides is 1. The molecule has 0 aliphatic rings. The zero-order valence-corrected chi connectivity index (χ0v) is 12.1. The van der Waals surface area contributed by atoms with E-state index in [0.29, 0.717) is 4.88 Å². The summed E-state index contributed by atoms with van der Waals surface area (Å²) in [6.45, 7) is 0. The van der Waals surface area contributed by atoms with E-state index in [2.05, 4.69) is 5.32 Å². The Morgan fingerprint density at radius 1 is 1.38 bits per heavy atom. The van der Waals surface area contributed by atoms with Crippen molar-refractivity contribution in [3.8, 4) is 0 Å². The van der Waals surface area contributed by atoms with Crippen LogP contribution < -0.4 is 10.5 Å². The molecule has 112 valence electrons. The number of anilines is 1. The third kappa shape index (κ3) is 3.57. The predicted octanol–water partition coefficient (Wildman–Crippen LogP) is 1.77. The molecular formula is C12H11FN2O4S2. The van der Waals surface area contributed by atoms with Crippen LogP contribution in [0.1, 0.15) is 10.9 Å². The van der Waals surface area contributed by atoms with Crippen molar-refractivity contribution in [2.45, 2.75) is 10.9 Å². The highest BCUT2D eigenvalue weighted by atomic mass is 32.2. The number of rotatable bonds is 5. The maximum Gasteiger partial charge on any atom is 0.331 e. The zero-order chi connectivity index (χ0) is 15.6. The third-order valence-electron chi connectivity index (χ3n) is 2.64. The average molecular weight is 330 g/mol. The quantitative estimate of drug-likeness (QED) is 0.774. The summed E-state index contributed by atoms with van der Waals surface area (Å²) in [5.41, 5.74) is -0.122. The molecule has 6 nitrogen and oxygen atoms in total. The molecule has 0 fully saturated rings. The summed E-state index contributed by atoms with van der Waals surface area (Å²) in [6, 6.07) is 5.14. The van der Waals surface area contributed by atoms with E-state index < -0.39 is 27.9 Å². The number of carboxylic acid groups (broad SMARTS) is 1. The van der Waals surface area contributed by atoms with Gasteiger partial charge in [-0.2, -0.15) is 0 Å². The van der Waals surface area contributed by atoms with Crippen molar-refractivity contribution in [1.82, 2.24) is 0 Å². The number of nitrogens with one attached hydrogen (secondary N) is 1. The second-order valence-electron chi connectivity index (χ2n) is 4.12. The van der Waals surface area contributed by atoms with Crippen LogP contribution >= 0.6 is 11.3 Å². The van der Waals surface area contributed by atoms with E-state index in [1.165, 1.54) is 11.3 Å². The number of thiophene rings is 1. The molecule has 0 aliphatic carbocycles. The van der Waals surface area contributed by atoms with Crippen LogP contribution in [0.15, 0.2) is 40.6 Å². The fraction of sp³-hybridized carbons (Fsp3) is 0.0833. The van der Waals surface area contributed by atoms with Gasteiger partial charge in [-0.15, -0.1) is 11.3 Å². The lowest BCUT2D eigenvalue weighted by atomic mass is 10.2. The lowest BCUT2D eigenvalue weighted by Gasteiger charge is -2.15. The number of hydrogen-bond acceptors (Lipinski definition) is 5. The number of halogens is 1. The number of sulfonamides is 1. The van der Waals surface area contributed by atoms with Crippen molar-refractivity contribution in [3.63, 3.8) is 0 Å². The summed E-state index contributed by atoms with van der Waals surface area (Å²) in [5.74, 6) is -2.07.